The van der Waals surface area contributed by atoms with Gasteiger partial charge in [0.05, 0.1) is 0 Å². The summed E-state index contributed by atoms with van der Waals surface area (Å²) in [5, 5.41) is 12.3. The predicted octanol–water partition coefficient (Wildman–Crippen LogP) is 3.16. The van der Waals surface area contributed by atoms with E-state index in [0.29, 0.717) is 0 Å². The van der Waals surface area contributed by atoms with Crippen molar-refractivity contribution in [3.8, 4) is 0 Å². The molecule has 17 heavy (non-hydrogen) atoms. The highest BCUT2D eigenvalue weighted by atomic mass is 16.4. The fourth-order valence-corrected chi connectivity index (χ4v) is 1.83. The van der Waals surface area contributed by atoms with Gasteiger partial charge in [-0.05, 0) is 24.0 Å². The second kappa shape index (κ2) is 6.28. The molecule has 94 valence electrons. The third-order valence-electron chi connectivity index (χ3n) is 2.78. The number of para-hydroxylation sites is 1. The van der Waals surface area contributed by atoms with Crippen LogP contribution in [0.5, 0.6) is 0 Å². The summed E-state index contributed by atoms with van der Waals surface area (Å²) >= 11 is 0. The van der Waals surface area contributed by atoms with Gasteiger partial charge in [-0.15, -0.1) is 0 Å². The Morgan fingerprint density at radius 2 is 2.00 bits per heavy atom. The third-order valence-corrected chi connectivity index (χ3v) is 2.78. The maximum Gasteiger partial charge on any atom is 0.326 e. The molecule has 0 bridgehead atoms. The highest BCUT2D eigenvalue weighted by molar-refractivity contribution is 5.78. The molecule has 0 aliphatic rings. The minimum Gasteiger partial charge on any atom is -0.480 e. The van der Waals surface area contributed by atoms with Gasteiger partial charge in [-0.3, -0.25) is 0 Å². The van der Waals surface area contributed by atoms with Crippen molar-refractivity contribution in [1.29, 1.82) is 0 Å². The lowest BCUT2D eigenvalue weighted by atomic mass is 10.0. The minimum atomic E-state index is -0.800. The second-order valence-corrected chi connectivity index (χ2v) is 4.61. The normalized spacial score (nSPS) is 12.5. The van der Waals surface area contributed by atoms with Crippen molar-refractivity contribution in [3.05, 3.63) is 29.8 Å². The summed E-state index contributed by atoms with van der Waals surface area (Å²) in [5.74, 6) is -0.742. The molecule has 3 heteroatoms. The van der Waals surface area contributed by atoms with Crippen LogP contribution in [0.4, 0.5) is 5.69 Å². The minimum absolute atomic E-state index is 0.0576. The van der Waals surface area contributed by atoms with E-state index in [2.05, 4.69) is 12.2 Å². The van der Waals surface area contributed by atoms with Gasteiger partial charge in [0.25, 0.3) is 0 Å². The topological polar surface area (TPSA) is 49.3 Å². The van der Waals surface area contributed by atoms with Gasteiger partial charge in [0.2, 0.25) is 0 Å². The zero-order chi connectivity index (χ0) is 12.8. The van der Waals surface area contributed by atoms with Gasteiger partial charge in [0, 0.05) is 5.69 Å². The number of hydrogen-bond acceptors (Lipinski definition) is 2. The van der Waals surface area contributed by atoms with Crippen LogP contribution < -0.4 is 5.32 Å². The summed E-state index contributed by atoms with van der Waals surface area (Å²) in [4.78, 5) is 11.2. The van der Waals surface area contributed by atoms with Gasteiger partial charge in [-0.2, -0.15) is 0 Å². The molecule has 0 heterocycles. The third kappa shape index (κ3) is 3.77. The zero-order valence-corrected chi connectivity index (χ0v) is 10.7. The van der Waals surface area contributed by atoms with Crippen LogP contribution in [0.2, 0.25) is 0 Å². The monoisotopic (exact) mass is 235 g/mol. The molecule has 0 spiro atoms. The molecule has 0 aromatic heterocycles. The number of hydrogen-bond donors (Lipinski definition) is 2. The quantitative estimate of drug-likeness (QED) is 0.796. The molecular weight excluding hydrogens is 214 g/mol. The second-order valence-electron chi connectivity index (χ2n) is 4.61. The van der Waals surface area contributed by atoms with Gasteiger partial charge < -0.3 is 10.4 Å². The molecule has 0 fully saturated rings. The average molecular weight is 235 g/mol. The van der Waals surface area contributed by atoms with E-state index in [1.165, 1.54) is 5.56 Å². The summed E-state index contributed by atoms with van der Waals surface area (Å²) < 4.78 is 0. The molecule has 0 radical (unpaired) electrons. The van der Waals surface area contributed by atoms with Crippen molar-refractivity contribution in [2.75, 3.05) is 5.32 Å². The molecule has 1 atom stereocenters. The highest BCUT2D eigenvalue weighted by Gasteiger charge is 2.21. The van der Waals surface area contributed by atoms with Crippen LogP contribution in [-0.2, 0) is 11.2 Å². The van der Waals surface area contributed by atoms with E-state index in [9.17, 15) is 4.79 Å². The first-order valence-corrected chi connectivity index (χ1v) is 6.13. The van der Waals surface area contributed by atoms with E-state index in [-0.39, 0.29) is 5.92 Å². The Morgan fingerprint density at radius 1 is 1.35 bits per heavy atom. The van der Waals surface area contributed by atoms with Crippen molar-refractivity contribution < 1.29 is 9.90 Å². The van der Waals surface area contributed by atoms with E-state index in [1.54, 1.807) is 0 Å². The van der Waals surface area contributed by atoms with Crippen LogP contribution in [0.25, 0.3) is 0 Å². The number of aliphatic carboxylic acids is 1. The van der Waals surface area contributed by atoms with Crippen LogP contribution in [-0.4, -0.2) is 17.1 Å². The number of anilines is 1. The Labute approximate surface area is 103 Å². The van der Waals surface area contributed by atoms with Crippen LogP contribution in [0, 0.1) is 5.92 Å². The first-order chi connectivity index (χ1) is 8.06. The molecule has 1 rings (SSSR count). The first kappa shape index (κ1) is 13.6. The number of benzene rings is 1. The average Bonchev–Trinajstić information content (AvgIpc) is 2.27. The molecule has 2 N–H and O–H groups in total. The standard InChI is InChI=1S/C14H21NO2/c1-4-7-11-8-5-6-9-12(11)15-13(10(2)3)14(16)17/h5-6,8-10,13,15H,4,7H2,1-3H3,(H,16,17). The highest BCUT2D eigenvalue weighted by Crippen LogP contribution is 2.19. The van der Waals surface area contributed by atoms with Gasteiger partial charge >= 0.3 is 5.97 Å². The maximum absolute atomic E-state index is 11.2. The smallest absolute Gasteiger partial charge is 0.326 e. The fraction of sp³-hybridized carbons (Fsp3) is 0.500. The summed E-state index contributed by atoms with van der Waals surface area (Å²) in [6.45, 7) is 5.94. The Hall–Kier alpha value is -1.51. The number of carboxylic acid groups (broad SMARTS) is 1. The number of rotatable bonds is 6. The summed E-state index contributed by atoms with van der Waals surface area (Å²) in [7, 11) is 0. The lowest BCUT2D eigenvalue weighted by Gasteiger charge is -2.21. The van der Waals surface area contributed by atoms with Crippen molar-refractivity contribution in [2.24, 2.45) is 5.92 Å². The van der Waals surface area contributed by atoms with E-state index in [1.807, 2.05) is 38.1 Å². The fourth-order valence-electron chi connectivity index (χ4n) is 1.83. The molecule has 0 aliphatic carbocycles. The molecule has 1 unspecified atom stereocenters. The molecule has 0 aliphatic heterocycles. The number of aryl methyl sites for hydroxylation is 1. The lowest BCUT2D eigenvalue weighted by molar-refractivity contribution is -0.138. The number of nitrogens with one attached hydrogen (secondary N) is 1. The lowest BCUT2D eigenvalue weighted by Crippen LogP contribution is -2.34. The van der Waals surface area contributed by atoms with E-state index >= 15 is 0 Å². The summed E-state index contributed by atoms with van der Waals surface area (Å²) in [6, 6.07) is 7.38. The molecule has 0 saturated carbocycles. The van der Waals surface area contributed by atoms with Crippen molar-refractivity contribution in [2.45, 2.75) is 39.7 Å². The van der Waals surface area contributed by atoms with Crippen molar-refractivity contribution in [3.63, 3.8) is 0 Å². The van der Waals surface area contributed by atoms with Gasteiger partial charge in [-0.25, -0.2) is 4.79 Å². The van der Waals surface area contributed by atoms with E-state index in [0.717, 1.165) is 18.5 Å². The SMILES string of the molecule is CCCc1ccccc1NC(C(=O)O)C(C)C. The molecule has 3 nitrogen and oxygen atoms in total. The van der Waals surface area contributed by atoms with E-state index < -0.39 is 12.0 Å². The van der Waals surface area contributed by atoms with Gasteiger partial charge in [-0.1, -0.05) is 45.4 Å². The maximum atomic E-state index is 11.2. The molecular formula is C14H21NO2. The van der Waals surface area contributed by atoms with Crippen LogP contribution in [0.1, 0.15) is 32.8 Å². The largest absolute Gasteiger partial charge is 0.480 e. The molecule has 1 aromatic rings. The number of carbonyl (C=O) groups is 1. The molecule has 1 aromatic carbocycles. The van der Waals surface area contributed by atoms with Crippen molar-refractivity contribution in [1.82, 2.24) is 0 Å². The summed E-state index contributed by atoms with van der Waals surface area (Å²) in [6.07, 6.45) is 2.02. The Kier molecular flexibility index (Phi) is 5.01. The Balaban J connectivity index is 2.88. The van der Waals surface area contributed by atoms with Crippen LogP contribution >= 0.6 is 0 Å². The first-order valence-electron chi connectivity index (χ1n) is 6.13. The van der Waals surface area contributed by atoms with Crippen molar-refractivity contribution >= 4 is 11.7 Å². The van der Waals surface area contributed by atoms with Crippen LogP contribution in [0.15, 0.2) is 24.3 Å². The zero-order valence-electron chi connectivity index (χ0n) is 10.7. The molecule has 0 saturated heterocycles. The van der Waals surface area contributed by atoms with Crippen LogP contribution in [0.3, 0.4) is 0 Å². The van der Waals surface area contributed by atoms with Gasteiger partial charge in [0.15, 0.2) is 0 Å². The Bertz CT molecular complexity index is 374. The number of carboxylic acids is 1. The Morgan fingerprint density at radius 3 is 2.53 bits per heavy atom. The molecule has 0 amide bonds. The predicted molar refractivity (Wildman–Crippen MR) is 70.3 cm³/mol. The van der Waals surface area contributed by atoms with E-state index in [4.69, 9.17) is 5.11 Å². The summed E-state index contributed by atoms with van der Waals surface area (Å²) in [5.41, 5.74) is 2.12. The van der Waals surface area contributed by atoms with Gasteiger partial charge in [0.1, 0.15) is 6.04 Å².